The minimum atomic E-state index is -4.53. The van der Waals surface area contributed by atoms with E-state index < -0.39 is 21.8 Å². The second-order valence-electron chi connectivity index (χ2n) is 5.46. The first kappa shape index (κ1) is 17.9. The first-order valence-electron chi connectivity index (χ1n) is 7.30. The standard InChI is InChI=1S/C16H13F3N4O2S/c1-23-10-12(9-21-23)11-2-7-15(20-8-11)22-26(24,25)14-5-3-13(4-6-14)16(17,18)19/h2-10H,1H3,(H,20,22). The average Bonchev–Trinajstić information content (AvgIpc) is 3.01. The van der Waals surface area contributed by atoms with Crippen LogP contribution < -0.4 is 4.72 Å². The zero-order valence-corrected chi connectivity index (χ0v) is 14.2. The number of nitrogens with zero attached hydrogens (tertiary/aromatic N) is 3. The van der Waals surface area contributed by atoms with Crippen LogP contribution in [0.15, 0.2) is 59.9 Å². The van der Waals surface area contributed by atoms with Crippen molar-refractivity contribution >= 4 is 15.8 Å². The van der Waals surface area contributed by atoms with Gasteiger partial charge in [0.15, 0.2) is 0 Å². The van der Waals surface area contributed by atoms with Gasteiger partial charge in [-0.25, -0.2) is 13.4 Å². The number of anilines is 1. The molecule has 10 heteroatoms. The van der Waals surface area contributed by atoms with Crippen LogP contribution in [0.2, 0.25) is 0 Å². The van der Waals surface area contributed by atoms with Crippen LogP contribution in [0, 0.1) is 0 Å². The van der Waals surface area contributed by atoms with E-state index in [1.807, 2.05) is 0 Å². The Kier molecular flexibility index (Phi) is 4.45. The molecule has 0 unspecified atom stereocenters. The van der Waals surface area contributed by atoms with Crippen LogP contribution in [0.3, 0.4) is 0 Å². The molecule has 0 amide bonds. The third-order valence-corrected chi connectivity index (χ3v) is 4.90. The van der Waals surface area contributed by atoms with Crippen molar-refractivity contribution in [2.45, 2.75) is 11.1 Å². The van der Waals surface area contributed by atoms with E-state index in [9.17, 15) is 21.6 Å². The van der Waals surface area contributed by atoms with Crippen molar-refractivity contribution in [2.24, 2.45) is 7.05 Å². The molecule has 0 spiro atoms. The fourth-order valence-electron chi connectivity index (χ4n) is 2.21. The Labute approximate surface area is 147 Å². The molecule has 1 N–H and O–H groups in total. The maximum absolute atomic E-state index is 12.6. The van der Waals surface area contributed by atoms with Crippen LogP contribution >= 0.6 is 0 Å². The minimum Gasteiger partial charge on any atom is -0.275 e. The molecule has 26 heavy (non-hydrogen) atoms. The normalized spacial score (nSPS) is 12.2. The number of aromatic nitrogens is 3. The molecule has 2 heterocycles. The highest BCUT2D eigenvalue weighted by Crippen LogP contribution is 2.30. The van der Waals surface area contributed by atoms with Gasteiger partial charge in [-0.05, 0) is 36.4 Å². The van der Waals surface area contributed by atoms with Crippen molar-refractivity contribution in [3.05, 3.63) is 60.6 Å². The lowest BCUT2D eigenvalue weighted by Gasteiger charge is -2.10. The van der Waals surface area contributed by atoms with E-state index in [-0.39, 0.29) is 10.7 Å². The fraction of sp³-hybridized carbons (Fsp3) is 0.125. The van der Waals surface area contributed by atoms with Gasteiger partial charge in [-0.1, -0.05) is 0 Å². The van der Waals surface area contributed by atoms with Gasteiger partial charge < -0.3 is 0 Å². The van der Waals surface area contributed by atoms with Crippen LogP contribution in [0.4, 0.5) is 19.0 Å². The number of rotatable bonds is 4. The van der Waals surface area contributed by atoms with Crippen molar-refractivity contribution in [1.82, 2.24) is 14.8 Å². The summed E-state index contributed by atoms with van der Waals surface area (Å²) in [5.41, 5.74) is 0.642. The summed E-state index contributed by atoms with van der Waals surface area (Å²) in [7, 11) is -2.28. The Bertz CT molecular complexity index is 1010. The number of halogens is 3. The number of aryl methyl sites for hydroxylation is 1. The van der Waals surface area contributed by atoms with Gasteiger partial charge in [0.1, 0.15) is 5.82 Å². The molecule has 0 saturated carbocycles. The zero-order chi connectivity index (χ0) is 18.9. The van der Waals surface area contributed by atoms with Gasteiger partial charge in [0.2, 0.25) is 0 Å². The van der Waals surface area contributed by atoms with E-state index >= 15 is 0 Å². The molecule has 0 aliphatic rings. The summed E-state index contributed by atoms with van der Waals surface area (Å²) in [6.07, 6.45) is 0.368. The number of nitrogens with one attached hydrogen (secondary N) is 1. The Balaban J connectivity index is 1.79. The molecule has 3 rings (SSSR count). The summed E-state index contributed by atoms with van der Waals surface area (Å²) < 4.78 is 66.1. The van der Waals surface area contributed by atoms with Crippen LogP contribution in [0.25, 0.3) is 11.1 Å². The predicted octanol–water partition coefficient (Wildman–Crippen LogP) is 3.30. The highest BCUT2D eigenvalue weighted by atomic mass is 32.2. The van der Waals surface area contributed by atoms with E-state index in [4.69, 9.17) is 0 Å². The summed E-state index contributed by atoms with van der Waals surface area (Å²) in [4.78, 5) is 3.74. The van der Waals surface area contributed by atoms with Crippen LogP contribution in [0.1, 0.15) is 5.56 Å². The Morgan fingerprint density at radius 3 is 2.19 bits per heavy atom. The number of benzene rings is 1. The summed E-state index contributed by atoms with van der Waals surface area (Å²) in [6, 6.07) is 6.35. The molecule has 6 nitrogen and oxygen atoms in total. The smallest absolute Gasteiger partial charge is 0.275 e. The molecule has 2 aromatic heterocycles. The number of alkyl halides is 3. The van der Waals surface area contributed by atoms with E-state index in [0.29, 0.717) is 12.1 Å². The summed E-state index contributed by atoms with van der Waals surface area (Å²) in [5, 5.41) is 4.04. The second kappa shape index (κ2) is 6.45. The van der Waals surface area contributed by atoms with Crippen LogP contribution in [0.5, 0.6) is 0 Å². The predicted molar refractivity (Wildman–Crippen MR) is 88.7 cm³/mol. The van der Waals surface area contributed by atoms with Crippen molar-refractivity contribution in [2.75, 3.05) is 4.72 Å². The topological polar surface area (TPSA) is 76.9 Å². The van der Waals surface area contributed by atoms with Crippen molar-refractivity contribution < 1.29 is 21.6 Å². The molecular weight excluding hydrogens is 369 g/mol. The molecule has 0 bridgehead atoms. The third kappa shape index (κ3) is 3.85. The monoisotopic (exact) mass is 382 g/mol. The zero-order valence-electron chi connectivity index (χ0n) is 13.4. The van der Waals surface area contributed by atoms with Gasteiger partial charge in [-0.2, -0.15) is 18.3 Å². The molecule has 0 atom stereocenters. The maximum atomic E-state index is 12.6. The molecule has 0 fully saturated rings. The highest BCUT2D eigenvalue weighted by Gasteiger charge is 2.30. The Morgan fingerprint density at radius 2 is 1.69 bits per heavy atom. The highest BCUT2D eigenvalue weighted by molar-refractivity contribution is 7.92. The van der Waals surface area contributed by atoms with E-state index in [1.165, 1.54) is 12.3 Å². The number of hydrogen-bond donors (Lipinski definition) is 1. The second-order valence-corrected chi connectivity index (χ2v) is 7.14. The number of pyridine rings is 1. The number of sulfonamides is 1. The first-order chi connectivity index (χ1) is 12.1. The summed E-state index contributed by atoms with van der Waals surface area (Å²) >= 11 is 0. The maximum Gasteiger partial charge on any atom is 0.416 e. The van der Waals surface area contributed by atoms with Crippen molar-refractivity contribution in [1.29, 1.82) is 0 Å². The van der Waals surface area contributed by atoms with Crippen molar-refractivity contribution in [3.63, 3.8) is 0 Å². The molecule has 1 aromatic carbocycles. The van der Waals surface area contributed by atoms with Gasteiger partial charge in [0.25, 0.3) is 10.0 Å². The lowest BCUT2D eigenvalue weighted by molar-refractivity contribution is -0.137. The lowest BCUT2D eigenvalue weighted by Crippen LogP contribution is -2.14. The SMILES string of the molecule is Cn1cc(-c2ccc(NS(=O)(=O)c3ccc(C(F)(F)F)cc3)nc2)cn1. The fourth-order valence-corrected chi connectivity index (χ4v) is 3.22. The quantitative estimate of drug-likeness (QED) is 0.751. The molecule has 0 aliphatic heterocycles. The van der Waals surface area contributed by atoms with Crippen LogP contribution in [-0.4, -0.2) is 23.2 Å². The molecule has 0 aliphatic carbocycles. The average molecular weight is 382 g/mol. The van der Waals surface area contributed by atoms with E-state index in [1.54, 1.807) is 30.2 Å². The van der Waals surface area contributed by atoms with Gasteiger partial charge >= 0.3 is 6.18 Å². The molecule has 0 radical (unpaired) electrons. The van der Waals surface area contributed by atoms with Crippen molar-refractivity contribution in [3.8, 4) is 11.1 Å². The largest absolute Gasteiger partial charge is 0.416 e. The van der Waals surface area contributed by atoms with E-state index in [2.05, 4.69) is 14.8 Å². The Morgan fingerprint density at radius 1 is 1.00 bits per heavy atom. The molecule has 3 aromatic rings. The third-order valence-electron chi connectivity index (χ3n) is 3.53. The lowest BCUT2D eigenvalue weighted by atomic mass is 10.2. The molecular formula is C16H13F3N4O2S. The first-order valence-corrected chi connectivity index (χ1v) is 8.79. The summed E-state index contributed by atoms with van der Waals surface area (Å²) in [5.74, 6) is 0.0533. The van der Waals surface area contributed by atoms with Gasteiger partial charge in [0.05, 0.1) is 16.7 Å². The van der Waals surface area contributed by atoms with Gasteiger partial charge in [0, 0.05) is 30.6 Å². The molecule has 136 valence electrons. The molecule has 0 saturated heterocycles. The summed E-state index contributed by atoms with van der Waals surface area (Å²) in [6.45, 7) is 0. The van der Waals surface area contributed by atoms with E-state index in [0.717, 1.165) is 23.3 Å². The number of hydrogen-bond acceptors (Lipinski definition) is 4. The van der Waals surface area contributed by atoms with Crippen LogP contribution in [-0.2, 0) is 23.2 Å². The Hall–Kier alpha value is -2.88. The minimum absolute atomic E-state index is 0.0533. The van der Waals surface area contributed by atoms with Gasteiger partial charge in [-0.3, -0.25) is 9.40 Å². The van der Waals surface area contributed by atoms with Gasteiger partial charge in [-0.15, -0.1) is 0 Å².